The third kappa shape index (κ3) is 9.09. The molecule has 1 aliphatic carbocycles. The number of nitrogens with one attached hydrogen (secondary N) is 1. The van der Waals surface area contributed by atoms with Crippen molar-refractivity contribution >= 4 is 50.6 Å². The van der Waals surface area contributed by atoms with E-state index in [0.29, 0.717) is 30.2 Å². The lowest BCUT2D eigenvalue weighted by Crippen LogP contribution is -2.44. The summed E-state index contributed by atoms with van der Waals surface area (Å²) in [6.45, 7) is 2.25. The van der Waals surface area contributed by atoms with Gasteiger partial charge in [-0.2, -0.15) is 0 Å². The number of allylic oxidation sites excluding steroid dienone is 1. The topological polar surface area (TPSA) is 79.4 Å². The molecule has 36 heavy (non-hydrogen) atoms. The van der Waals surface area contributed by atoms with Gasteiger partial charge >= 0.3 is 0 Å². The van der Waals surface area contributed by atoms with Crippen molar-refractivity contribution in [2.24, 2.45) is 11.8 Å². The molecule has 0 unspecified atom stereocenters. The number of amides is 1. The Morgan fingerprint density at radius 2 is 1.97 bits per heavy atom. The molecule has 1 amide bonds. The quantitative estimate of drug-likeness (QED) is 0.339. The molecule has 0 bridgehead atoms. The van der Waals surface area contributed by atoms with E-state index in [1.807, 2.05) is 37.2 Å². The molecular formula is C28H38ClN3O3S. The van der Waals surface area contributed by atoms with Crippen LogP contribution in [0.4, 0.5) is 0 Å². The monoisotopic (exact) mass is 531 g/mol. The lowest BCUT2D eigenvalue weighted by molar-refractivity contribution is -0.130. The molecule has 8 heteroatoms. The summed E-state index contributed by atoms with van der Waals surface area (Å²) in [5.41, 5.74) is 0.849. The maximum Gasteiger partial charge on any atom is 0.224 e. The Balaban J connectivity index is 1.70. The number of halogens is 1. The minimum Gasteiger partial charge on any atom is -0.353 e. The summed E-state index contributed by atoms with van der Waals surface area (Å²) in [5, 5.41) is 4.74. The van der Waals surface area contributed by atoms with E-state index in [2.05, 4.69) is 10.3 Å². The number of benzene rings is 1. The van der Waals surface area contributed by atoms with Crippen LogP contribution in [-0.4, -0.2) is 54.0 Å². The highest BCUT2D eigenvalue weighted by Crippen LogP contribution is 2.30. The number of likely N-dealkylation sites (N-methyl/N-ethyl adjacent to an activating group) is 1. The van der Waals surface area contributed by atoms with Crippen LogP contribution in [0.2, 0.25) is 5.02 Å². The molecule has 0 aliphatic heterocycles. The summed E-state index contributed by atoms with van der Waals surface area (Å²) in [5.74, 6) is -0.173. The van der Waals surface area contributed by atoms with Crippen molar-refractivity contribution in [3.63, 3.8) is 0 Å². The van der Waals surface area contributed by atoms with Gasteiger partial charge in [0.15, 0.2) is 5.78 Å². The molecule has 196 valence electrons. The number of hydrogen-bond acceptors (Lipinski definition) is 6. The third-order valence-corrected chi connectivity index (χ3v) is 8.02. The molecule has 1 saturated carbocycles. The van der Waals surface area contributed by atoms with E-state index in [1.54, 1.807) is 12.1 Å². The molecule has 3 rings (SSSR count). The van der Waals surface area contributed by atoms with Gasteiger partial charge in [-0.05, 0) is 70.5 Å². The fraction of sp³-hybridized carbons (Fsp3) is 0.571. The van der Waals surface area contributed by atoms with E-state index in [0.717, 1.165) is 47.5 Å². The van der Waals surface area contributed by atoms with Gasteiger partial charge in [0.25, 0.3) is 0 Å². The average molecular weight is 532 g/mol. The first-order valence-electron chi connectivity index (χ1n) is 12.9. The van der Waals surface area contributed by atoms with Crippen molar-refractivity contribution in [3.05, 3.63) is 40.4 Å². The second kappa shape index (κ2) is 14.0. The van der Waals surface area contributed by atoms with Crippen molar-refractivity contribution < 1.29 is 14.4 Å². The molecular weight excluding hydrogens is 494 g/mol. The van der Waals surface area contributed by atoms with Crippen LogP contribution >= 0.6 is 22.9 Å². The Labute approximate surface area is 223 Å². The van der Waals surface area contributed by atoms with Crippen LogP contribution in [0.1, 0.15) is 63.3 Å². The molecule has 1 heterocycles. The number of fused-ring (bicyclic) bond motifs is 1. The van der Waals surface area contributed by atoms with Crippen molar-refractivity contribution in [1.29, 1.82) is 0 Å². The average Bonchev–Trinajstić information content (AvgIpc) is 3.22. The van der Waals surface area contributed by atoms with Crippen LogP contribution in [0, 0.1) is 11.8 Å². The Morgan fingerprint density at radius 3 is 2.67 bits per heavy atom. The zero-order valence-electron chi connectivity index (χ0n) is 21.6. The van der Waals surface area contributed by atoms with Crippen LogP contribution in [0.25, 0.3) is 10.2 Å². The standard InChI is InChI=1S/C28H38ClN3O3S/c1-19(33)16-21(17-27-30-25-13-11-22(29)18-26(25)36-27)28(35)31-24(20-8-5-4-6-9-20)14-12-23(34)10-7-15-32(2)3/h7,10-11,13,18,20-21,24H,4-6,8-9,12,14-17H2,1-3H3,(H,31,35)/b10-7+/t21-,24+/m0/s1. The molecule has 2 atom stereocenters. The van der Waals surface area contributed by atoms with Crippen LogP contribution < -0.4 is 5.32 Å². The molecule has 2 aromatic rings. The number of thiazole rings is 1. The van der Waals surface area contributed by atoms with Crippen LogP contribution in [-0.2, 0) is 20.8 Å². The first-order valence-corrected chi connectivity index (χ1v) is 14.1. The number of ketones is 2. The molecule has 1 aromatic heterocycles. The largest absolute Gasteiger partial charge is 0.353 e. The van der Waals surface area contributed by atoms with E-state index in [-0.39, 0.29) is 29.9 Å². The van der Waals surface area contributed by atoms with E-state index in [4.69, 9.17) is 11.6 Å². The molecule has 0 radical (unpaired) electrons. The number of hydrogen-bond donors (Lipinski definition) is 1. The van der Waals surface area contributed by atoms with Gasteiger partial charge in [-0.15, -0.1) is 11.3 Å². The Kier molecular flexibility index (Phi) is 11.1. The highest BCUT2D eigenvalue weighted by atomic mass is 35.5. The van der Waals surface area contributed by atoms with E-state index in [9.17, 15) is 14.4 Å². The number of carbonyl (C=O) groups excluding carboxylic acids is 3. The SMILES string of the molecule is CC(=O)C[C@@H](Cc1nc2ccc(Cl)cc2s1)C(=O)N[C@H](CCC(=O)/C=C/CN(C)C)C1CCCCC1. The molecule has 1 aromatic carbocycles. The maximum atomic E-state index is 13.5. The van der Waals surface area contributed by atoms with Crippen LogP contribution in [0.3, 0.4) is 0 Å². The highest BCUT2D eigenvalue weighted by molar-refractivity contribution is 7.18. The number of nitrogens with zero attached hydrogens (tertiary/aromatic N) is 2. The zero-order valence-corrected chi connectivity index (χ0v) is 23.2. The molecule has 0 saturated heterocycles. The number of carbonyl (C=O) groups is 3. The number of Topliss-reactive ketones (excluding diaryl/α,β-unsaturated/α-hetero) is 1. The van der Waals surface area contributed by atoms with E-state index >= 15 is 0 Å². The third-order valence-electron chi connectivity index (χ3n) is 6.74. The lowest BCUT2D eigenvalue weighted by atomic mass is 9.81. The smallest absolute Gasteiger partial charge is 0.224 e. The zero-order chi connectivity index (χ0) is 26.1. The Hall–Kier alpha value is -2.09. The number of rotatable bonds is 13. The van der Waals surface area contributed by atoms with Crippen molar-refractivity contribution in [2.45, 2.75) is 70.8 Å². The summed E-state index contributed by atoms with van der Waals surface area (Å²) in [6, 6.07) is 5.49. The summed E-state index contributed by atoms with van der Waals surface area (Å²) in [4.78, 5) is 44.6. The normalized spacial score (nSPS) is 16.5. The first kappa shape index (κ1) is 28.5. The Bertz CT molecular complexity index is 1080. The predicted octanol–water partition coefficient (Wildman–Crippen LogP) is 5.62. The second-order valence-corrected chi connectivity index (χ2v) is 11.8. The summed E-state index contributed by atoms with van der Waals surface area (Å²) in [7, 11) is 3.93. The van der Waals surface area contributed by atoms with Crippen molar-refractivity contribution in [2.75, 3.05) is 20.6 Å². The minimum absolute atomic E-state index is 0.0188. The van der Waals surface area contributed by atoms with Crippen LogP contribution in [0.5, 0.6) is 0 Å². The predicted molar refractivity (Wildman–Crippen MR) is 148 cm³/mol. The fourth-order valence-corrected chi connectivity index (χ4v) is 6.21. The molecule has 1 N–H and O–H groups in total. The van der Waals surface area contributed by atoms with E-state index in [1.165, 1.54) is 24.7 Å². The van der Waals surface area contributed by atoms with Gasteiger partial charge in [-0.1, -0.05) is 36.9 Å². The minimum atomic E-state index is -0.486. The summed E-state index contributed by atoms with van der Waals surface area (Å²) in [6.07, 6.45) is 10.8. The summed E-state index contributed by atoms with van der Waals surface area (Å²) < 4.78 is 0.973. The second-order valence-electron chi connectivity index (χ2n) is 10.2. The van der Waals surface area contributed by atoms with Gasteiger partial charge in [-0.3, -0.25) is 9.59 Å². The van der Waals surface area contributed by atoms with Crippen molar-refractivity contribution in [1.82, 2.24) is 15.2 Å². The first-order chi connectivity index (χ1) is 17.2. The summed E-state index contributed by atoms with van der Waals surface area (Å²) >= 11 is 7.63. The molecule has 1 fully saturated rings. The van der Waals surface area contributed by atoms with E-state index < -0.39 is 5.92 Å². The maximum absolute atomic E-state index is 13.5. The van der Waals surface area contributed by atoms with Gasteiger partial charge in [0.05, 0.1) is 21.1 Å². The molecule has 6 nitrogen and oxygen atoms in total. The van der Waals surface area contributed by atoms with Gasteiger partial charge in [0.1, 0.15) is 5.78 Å². The Morgan fingerprint density at radius 1 is 1.22 bits per heavy atom. The highest BCUT2D eigenvalue weighted by Gasteiger charge is 2.29. The van der Waals surface area contributed by atoms with Crippen molar-refractivity contribution in [3.8, 4) is 0 Å². The van der Waals surface area contributed by atoms with Gasteiger partial charge in [-0.25, -0.2) is 4.98 Å². The lowest BCUT2D eigenvalue weighted by Gasteiger charge is -2.32. The van der Waals surface area contributed by atoms with Crippen LogP contribution in [0.15, 0.2) is 30.4 Å². The van der Waals surface area contributed by atoms with Gasteiger partial charge < -0.3 is 15.0 Å². The molecule has 1 aliphatic rings. The number of aromatic nitrogens is 1. The van der Waals surface area contributed by atoms with Gasteiger partial charge in [0, 0.05) is 36.9 Å². The van der Waals surface area contributed by atoms with Gasteiger partial charge in [0.2, 0.25) is 5.91 Å². The fourth-order valence-electron chi connectivity index (χ4n) is 4.89. The molecule has 0 spiro atoms.